The van der Waals surface area contributed by atoms with Crippen LogP contribution in [0.1, 0.15) is 21.6 Å². The van der Waals surface area contributed by atoms with Crippen LogP contribution in [-0.2, 0) is 9.53 Å². The number of nitrogens with one attached hydrogen (secondary N) is 2. The number of hydrogen-bond acceptors (Lipinski definition) is 7. The lowest BCUT2D eigenvalue weighted by Gasteiger charge is -2.08. The Morgan fingerprint density at radius 2 is 1.93 bits per heavy atom. The van der Waals surface area contributed by atoms with Gasteiger partial charge < -0.3 is 10.1 Å². The summed E-state index contributed by atoms with van der Waals surface area (Å²) >= 11 is 2.85. The number of carbonyl (C=O) groups is 3. The minimum atomic E-state index is -0.733. The molecule has 0 unspecified atom stereocenters. The number of anilines is 1. The van der Waals surface area contributed by atoms with Gasteiger partial charge in [0.1, 0.15) is 5.01 Å². The number of urea groups is 1. The number of amides is 3. The van der Waals surface area contributed by atoms with Crippen LogP contribution in [0.2, 0.25) is 0 Å². The van der Waals surface area contributed by atoms with Crippen LogP contribution in [0.15, 0.2) is 40.4 Å². The summed E-state index contributed by atoms with van der Waals surface area (Å²) < 4.78 is 4.92. The number of aromatic nitrogens is 1. The Hall–Kier alpha value is -3.04. The Morgan fingerprint density at radius 3 is 2.64 bits per heavy atom. The number of aryl methyl sites for hydroxylation is 2. The van der Waals surface area contributed by atoms with Crippen molar-refractivity contribution in [3.05, 3.63) is 57.2 Å². The van der Waals surface area contributed by atoms with Crippen molar-refractivity contribution in [3.8, 4) is 10.6 Å². The smallest absolute Gasteiger partial charge is 0.358 e. The molecule has 7 nitrogen and oxygen atoms in total. The van der Waals surface area contributed by atoms with Crippen molar-refractivity contribution in [1.29, 1.82) is 0 Å². The second kappa shape index (κ2) is 8.77. The standard InChI is InChI=1S/C19H17N3O4S2/c1-11-3-4-14(7-12(11)2)20-19(25)22-16(23)8-26-18(24)15-10-28-17(21-15)13-5-6-27-9-13/h3-7,9-10H,8H2,1-2H3,(H2,20,22,23,25). The van der Waals surface area contributed by atoms with Gasteiger partial charge in [0.2, 0.25) is 0 Å². The molecule has 2 aromatic heterocycles. The number of carbonyl (C=O) groups excluding carboxylic acids is 3. The molecule has 0 aliphatic heterocycles. The number of thiazole rings is 1. The van der Waals surface area contributed by atoms with E-state index in [2.05, 4.69) is 15.6 Å². The monoisotopic (exact) mass is 415 g/mol. The quantitative estimate of drug-likeness (QED) is 0.614. The predicted octanol–water partition coefficient (Wildman–Crippen LogP) is 3.99. The van der Waals surface area contributed by atoms with E-state index in [-0.39, 0.29) is 5.69 Å². The van der Waals surface area contributed by atoms with Gasteiger partial charge >= 0.3 is 12.0 Å². The summed E-state index contributed by atoms with van der Waals surface area (Å²) in [5, 5.41) is 10.8. The second-order valence-electron chi connectivity index (χ2n) is 5.93. The molecule has 0 aliphatic carbocycles. The third-order valence-electron chi connectivity index (χ3n) is 3.83. The Bertz CT molecular complexity index is 1010. The van der Waals surface area contributed by atoms with Crippen molar-refractivity contribution in [3.63, 3.8) is 0 Å². The zero-order valence-corrected chi connectivity index (χ0v) is 16.8. The molecular formula is C19H17N3O4S2. The van der Waals surface area contributed by atoms with E-state index >= 15 is 0 Å². The number of ether oxygens (including phenoxy) is 1. The second-order valence-corrected chi connectivity index (χ2v) is 7.57. The number of rotatable bonds is 5. The van der Waals surface area contributed by atoms with Gasteiger partial charge in [-0.2, -0.15) is 11.3 Å². The van der Waals surface area contributed by atoms with Crippen LogP contribution in [0.4, 0.5) is 10.5 Å². The van der Waals surface area contributed by atoms with Gasteiger partial charge in [0.05, 0.1) is 0 Å². The van der Waals surface area contributed by atoms with Crippen molar-refractivity contribution in [2.45, 2.75) is 13.8 Å². The van der Waals surface area contributed by atoms with Gasteiger partial charge in [-0.3, -0.25) is 10.1 Å². The number of benzene rings is 1. The van der Waals surface area contributed by atoms with Crippen LogP contribution in [0.3, 0.4) is 0 Å². The molecule has 2 heterocycles. The molecule has 0 spiro atoms. The first kappa shape index (κ1) is 19.7. The normalized spacial score (nSPS) is 10.4. The van der Waals surface area contributed by atoms with Gasteiger partial charge in [0.15, 0.2) is 12.3 Å². The first-order chi connectivity index (χ1) is 13.4. The third-order valence-corrected chi connectivity index (χ3v) is 5.41. The highest BCUT2D eigenvalue weighted by Crippen LogP contribution is 2.25. The third kappa shape index (κ3) is 5.02. The summed E-state index contributed by atoms with van der Waals surface area (Å²) in [4.78, 5) is 39.9. The summed E-state index contributed by atoms with van der Waals surface area (Å²) in [6.45, 7) is 3.30. The summed E-state index contributed by atoms with van der Waals surface area (Å²) in [5.41, 5.74) is 3.73. The van der Waals surface area contributed by atoms with Crippen molar-refractivity contribution >= 4 is 46.3 Å². The fourth-order valence-corrected chi connectivity index (χ4v) is 3.74. The van der Waals surface area contributed by atoms with Crippen molar-refractivity contribution in [1.82, 2.24) is 10.3 Å². The minimum absolute atomic E-state index is 0.124. The molecule has 0 saturated carbocycles. The first-order valence-corrected chi connectivity index (χ1v) is 10.1. The van der Waals surface area contributed by atoms with Crippen molar-refractivity contribution < 1.29 is 19.1 Å². The molecule has 0 aliphatic rings. The van der Waals surface area contributed by atoms with Crippen LogP contribution >= 0.6 is 22.7 Å². The Labute approximate surface area is 169 Å². The molecule has 1 aromatic carbocycles. The van der Waals surface area contributed by atoms with E-state index < -0.39 is 24.5 Å². The van der Waals surface area contributed by atoms with Crippen molar-refractivity contribution in [2.75, 3.05) is 11.9 Å². The van der Waals surface area contributed by atoms with E-state index in [1.165, 1.54) is 22.7 Å². The zero-order chi connectivity index (χ0) is 20.1. The summed E-state index contributed by atoms with van der Waals surface area (Å²) in [6, 6.07) is 6.61. The zero-order valence-electron chi connectivity index (χ0n) is 15.1. The molecule has 9 heteroatoms. The average Bonchev–Trinajstić information content (AvgIpc) is 3.34. The van der Waals surface area contributed by atoms with E-state index in [1.54, 1.807) is 17.5 Å². The minimum Gasteiger partial charge on any atom is -0.451 e. The van der Waals surface area contributed by atoms with Gasteiger partial charge in [0, 0.05) is 22.0 Å². The predicted molar refractivity (Wildman–Crippen MR) is 109 cm³/mol. The molecule has 2 N–H and O–H groups in total. The fourth-order valence-electron chi connectivity index (χ4n) is 2.24. The van der Waals surface area contributed by atoms with Crippen LogP contribution in [0.5, 0.6) is 0 Å². The van der Waals surface area contributed by atoms with Gasteiger partial charge in [-0.05, 0) is 48.6 Å². The molecule has 0 atom stereocenters. The lowest BCUT2D eigenvalue weighted by atomic mass is 10.1. The number of thiophene rings is 1. The number of nitrogens with zero attached hydrogens (tertiary/aromatic N) is 1. The van der Waals surface area contributed by atoms with Gasteiger partial charge in [0.25, 0.3) is 5.91 Å². The molecule has 3 rings (SSSR count). The molecule has 3 amide bonds. The highest BCUT2D eigenvalue weighted by Gasteiger charge is 2.16. The van der Waals surface area contributed by atoms with Crippen molar-refractivity contribution in [2.24, 2.45) is 0 Å². The molecule has 0 radical (unpaired) electrons. The lowest BCUT2D eigenvalue weighted by Crippen LogP contribution is -2.37. The SMILES string of the molecule is Cc1ccc(NC(=O)NC(=O)COC(=O)c2csc(-c3ccsc3)n2)cc1C. The Kier molecular flexibility index (Phi) is 6.17. The van der Waals surface area contributed by atoms with E-state index in [1.807, 2.05) is 36.7 Å². The lowest BCUT2D eigenvalue weighted by molar-refractivity contribution is -0.123. The molecule has 28 heavy (non-hydrogen) atoms. The van der Waals surface area contributed by atoms with Gasteiger partial charge in [-0.25, -0.2) is 14.6 Å². The van der Waals surface area contributed by atoms with E-state index in [0.29, 0.717) is 10.7 Å². The average molecular weight is 415 g/mol. The molecule has 144 valence electrons. The summed E-state index contributed by atoms with van der Waals surface area (Å²) in [6.07, 6.45) is 0. The van der Waals surface area contributed by atoms with Crippen LogP contribution in [0.25, 0.3) is 10.6 Å². The largest absolute Gasteiger partial charge is 0.451 e. The number of imide groups is 1. The molecule has 0 saturated heterocycles. The highest BCUT2D eigenvalue weighted by atomic mass is 32.1. The van der Waals surface area contributed by atoms with Gasteiger partial charge in [-0.15, -0.1) is 11.3 Å². The van der Waals surface area contributed by atoms with E-state index in [0.717, 1.165) is 16.7 Å². The maximum atomic E-state index is 12.0. The molecule has 0 bridgehead atoms. The Balaban J connectivity index is 1.47. The molecule has 3 aromatic rings. The first-order valence-electron chi connectivity index (χ1n) is 8.25. The van der Waals surface area contributed by atoms with Crippen LogP contribution in [0, 0.1) is 13.8 Å². The molecular weight excluding hydrogens is 398 g/mol. The summed E-state index contributed by atoms with van der Waals surface area (Å²) in [7, 11) is 0. The number of hydrogen-bond donors (Lipinski definition) is 2. The maximum absolute atomic E-state index is 12.0. The van der Waals surface area contributed by atoms with E-state index in [4.69, 9.17) is 4.74 Å². The maximum Gasteiger partial charge on any atom is 0.358 e. The number of esters is 1. The summed E-state index contributed by atoms with van der Waals surface area (Å²) in [5.74, 6) is -1.45. The highest BCUT2D eigenvalue weighted by molar-refractivity contribution is 7.14. The fraction of sp³-hybridized carbons (Fsp3) is 0.158. The van der Waals surface area contributed by atoms with Crippen LogP contribution in [-0.4, -0.2) is 29.5 Å². The molecule has 0 fully saturated rings. The van der Waals surface area contributed by atoms with Gasteiger partial charge in [-0.1, -0.05) is 6.07 Å². The topological polar surface area (TPSA) is 97.4 Å². The van der Waals surface area contributed by atoms with E-state index in [9.17, 15) is 14.4 Å². The Morgan fingerprint density at radius 1 is 1.11 bits per heavy atom. The van der Waals surface area contributed by atoms with Crippen LogP contribution < -0.4 is 10.6 Å².